The largest absolute Gasteiger partial charge is 0.368 e. The molecule has 0 atom stereocenters. The van der Waals surface area contributed by atoms with Crippen LogP contribution >= 0.6 is 0 Å². The molecule has 2 fully saturated rings. The van der Waals surface area contributed by atoms with E-state index < -0.39 is 0 Å². The molecule has 5 heteroatoms. The summed E-state index contributed by atoms with van der Waals surface area (Å²) < 4.78 is 0. The number of aliphatic imine (C=N–C) groups is 1. The lowest BCUT2D eigenvalue weighted by Gasteiger charge is -2.38. The number of anilines is 1. The summed E-state index contributed by atoms with van der Waals surface area (Å²) in [4.78, 5) is 11.9. The molecule has 27 heavy (non-hydrogen) atoms. The second-order valence-electron chi connectivity index (χ2n) is 8.20. The molecule has 0 unspecified atom stereocenters. The minimum absolute atomic E-state index is 0.868. The minimum atomic E-state index is 0.868. The highest BCUT2D eigenvalue weighted by Crippen LogP contribution is 2.24. The lowest BCUT2D eigenvalue weighted by Crippen LogP contribution is -2.53. The van der Waals surface area contributed by atoms with E-state index in [1.165, 1.54) is 49.2 Å². The molecule has 0 spiro atoms. The van der Waals surface area contributed by atoms with Gasteiger partial charge in [0.25, 0.3) is 0 Å². The third-order valence-electron chi connectivity index (χ3n) is 6.38. The normalized spacial score (nSPS) is 20.2. The predicted molar refractivity (Wildman–Crippen MR) is 116 cm³/mol. The predicted octanol–water partition coefficient (Wildman–Crippen LogP) is 2.73. The van der Waals surface area contributed by atoms with Crippen LogP contribution in [-0.4, -0.2) is 75.7 Å². The third-order valence-corrected chi connectivity index (χ3v) is 6.38. The lowest BCUT2D eigenvalue weighted by molar-refractivity contribution is 0.212. The monoisotopic (exact) mass is 371 g/mol. The molecule has 1 aromatic carbocycles. The third kappa shape index (κ3) is 5.16. The number of likely N-dealkylation sites (tertiary alicyclic amines) is 1. The maximum atomic E-state index is 4.54. The quantitative estimate of drug-likeness (QED) is 0.652. The summed E-state index contributed by atoms with van der Waals surface area (Å²) in [6.07, 6.45) is 3.94. The molecule has 2 saturated heterocycles. The van der Waals surface area contributed by atoms with Crippen molar-refractivity contribution in [3.05, 3.63) is 29.3 Å². The van der Waals surface area contributed by atoms with Crippen molar-refractivity contribution < 1.29 is 0 Å². The van der Waals surface area contributed by atoms with Gasteiger partial charge in [0.1, 0.15) is 0 Å². The van der Waals surface area contributed by atoms with Crippen molar-refractivity contribution in [3.8, 4) is 0 Å². The summed E-state index contributed by atoms with van der Waals surface area (Å²) >= 11 is 0. The fourth-order valence-electron chi connectivity index (χ4n) is 4.31. The number of benzene rings is 1. The van der Waals surface area contributed by atoms with Crippen molar-refractivity contribution >= 4 is 11.6 Å². The molecule has 2 aliphatic rings. The Balaban J connectivity index is 1.45. The van der Waals surface area contributed by atoms with Gasteiger partial charge in [0.15, 0.2) is 5.96 Å². The van der Waals surface area contributed by atoms with Crippen LogP contribution in [0.3, 0.4) is 0 Å². The summed E-state index contributed by atoms with van der Waals surface area (Å²) in [6, 6.07) is 6.63. The van der Waals surface area contributed by atoms with E-state index >= 15 is 0 Å². The van der Waals surface area contributed by atoms with E-state index in [0.29, 0.717) is 0 Å². The Hall–Kier alpha value is -1.75. The second kappa shape index (κ2) is 9.45. The summed E-state index contributed by atoms with van der Waals surface area (Å²) in [6.45, 7) is 12.1. The summed E-state index contributed by atoms with van der Waals surface area (Å²) in [5.74, 6) is 1.94. The van der Waals surface area contributed by atoms with Gasteiger partial charge in [-0.25, -0.2) is 0 Å². The Morgan fingerprint density at radius 1 is 1.07 bits per heavy atom. The number of rotatable bonds is 4. The molecular weight excluding hydrogens is 334 g/mol. The number of guanidine groups is 1. The zero-order valence-electron chi connectivity index (χ0n) is 17.7. The van der Waals surface area contributed by atoms with Gasteiger partial charge in [-0.15, -0.1) is 0 Å². The summed E-state index contributed by atoms with van der Waals surface area (Å²) in [7, 11) is 4.14. The zero-order chi connectivity index (χ0) is 19.2. The van der Waals surface area contributed by atoms with Crippen LogP contribution in [0, 0.1) is 19.8 Å². The van der Waals surface area contributed by atoms with Crippen LogP contribution in [-0.2, 0) is 0 Å². The fraction of sp³-hybridized carbons (Fsp3) is 0.682. The number of nitrogens with one attached hydrogen (secondary N) is 1. The summed E-state index contributed by atoms with van der Waals surface area (Å²) in [5.41, 5.74) is 4.17. The Labute approximate surface area is 165 Å². The van der Waals surface area contributed by atoms with Gasteiger partial charge in [0.2, 0.25) is 0 Å². The first kappa shape index (κ1) is 20.0. The van der Waals surface area contributed by atoms with E-state index in [9.17, 15) is 0 Å². The van der Waals surface area contributed by atoms with E-state index in [0.717, 1.165) is 44.6 Å². The molecular formula is C22H37N5. The van der Waals surface area contributed by atoms with Crippen molar-refractivity contribution in [2.75, 3.05) is 64.8 Å². The number of piperidine rings is 1. The van der Waals surface area contributed by atoms with Gasteiger partial charge < -0.3 is 20.0 Å². The average molecular weight is 372 g/mol. The molecule has 0 amide bonds. The Bertz CT molecular complexity index is 626. The van der Waals surface area contributed by atoms with Crippen molar-refractivity contribution in [1.82, 2.24) is 15.1 Å². The molecule has 0 aromatic heterocycles. The number of hydrogen-bond donors (Lipinski definition) is 1. The van der Waals surface area contributed by atoms with Crippen molar-refractivity contribution in [2.45, 2.75) is 33.1 Å². The van der Waals surface area contributed by atoms with E-state index in [2.05, 4.69) is 64.1 Å². The van der Waals surface area contributed by atoms with Crippen LogP contribution in [0.2, 0.25) is 0 Å². The molecule has 0 aliphatic carbocycles. The van der Waals surface area contributed by atoms with Gasteiger partial charge in [-0.05, 0) is 76.4 Å². The van der Waals surface area contributed by atoms with Gasteiger partial charge in [0, 0.05) is 45.5 Å². The van der Waals surface area contributed by atoms with Gasteiger partial charge in [-0.3, -0.25) is 4.99 Å². The molecule has 0 bridgehead atoms. The first-order valence-corrected chi connectivity index (χ1v) is 10.5. The second-order valence-corrected chi connectivity index (χ2v) is 8.20. The van der Waals surface area contributed by atoms with Crippen molar-refractivity contribution in [2.24, 2.45) is 10.9 Å². The maximum Gasteiger partial charge on any atom is 0.193 e. The molecule has 2 heterocycles. The molecule has 1 aromatic rings. The summed E-state index contributed by atoms with van der Waals surface area (Å²) in [5, 5.41) is 3.62. The van der Waals surface area contributed by atoms with Crippen LogP contribution in [0.15, 0.2) is 23.2 Å². The molecule has 0 saturated carbocycles. The molecule has 5 nitrogen and oxygen atoms in total. The van der Waals surface area contributed by atoms with Crippen LogP contribution < -0.4 is 10.2 Å². The highest BCUT2D eigenvalue weighted by Gasteiger charge is 2.21. The average Bonchev–Trinajstić information content (AvgIpc) is 2.69. The highest BCUT2D eigenvalue weighted by atomic mass is 15.3. The molecule has 2 aliphatic heterocycles. The van der Waals surface area contributed by atoms with Crippen LogP contribution in [0.25, 0.3) is 0 Å². The molecule has 0 radical (unpaired) electrons. The fourth-order valence-corrected chi connectivity index (χ4v) is 4.31. The molecule has 1 N–H and O–H groups in total. The first-order chi connectivity index (χ1) is 13.1. The van der Waals surface area contributed by atoms with E-state index in [4.69, 9.17) is 0 Å². The van der Waals surface area contributed by atoms with Crippen LogP contribution in [0.5, 0.6) is 0 Å². The van der Waals surface area contributed by atoms with E-state index in [1.807, 2.05) is 7.05 Å². The Morgan fingerprint density at radius 2 is 1.78 bits per heavy atom. The number of piperazine rings is 1. The van der Waals surface area contributed by atoms with E-state index in [-0.39, 0.29) is 0 Å². The number of hydrogen-bond acceptors (Lipinski definition) is 3. The first-order valence-electron chi connectivity index (χ1n) is 10.5. The molecule has 3 rings (SSSR count). The SMILES string of the molecule is CN=C(NCCC1CCN(C)CC1)N1CCN(c2cccc(C)c2C)CC1. The Kier molecular flexibility index (Phi) is 7.00. The standard InChI is InChI=1S/C22H37N5/c1-18-6-5-7-21(19(18)2)26-14-16-27(17-15-26)22(23-3)24-11-8-20-9-12-25(4)13-10-20/h5-7,20H,8-17H2,1-4H3,(H,23,24). The van der Waals surface area contributed by atoms with E-state index in [1.54, 1.807) is 0 Å². The van der Waals surface area contributed by atoms with Crippen LogP contribution in [0.4, 0.5) is 5.69 Å². The van der Waals surface area contributed by atoms with Gasteiger partial charge >= 0.3 is 0 Å². The topological polar surface area (TPSA) is 34.1 Å². The maximum absolute atomic E-state index is 4.54. The van der Waals surface area contributed by atoms with Gasteiger partial charge in [-0.1, -0.05) is 12.1 Å². The zero-order valence-corrected chi connectivity index (χ0v) is 17.7. The van der Waals surface area contributed by atoms with Crippen molar-refractivity contribution in [3.63, 3.8) is 0 Å². The van der Waals surface area contributed by atoms with Crippen LogP contribution in [0.1, 0.15) is 30.4 Å². The van der Waals surface area contributed by atoms with Gasteiger partial charge in [-0.2, -0.15) is 0 Å². The smallest absolute Gasteiger partial charge is 0.193 e. The molecule has 150 valence electrons. The number of nitrogens with zero attached hydrogens (tertiary/aromatic N) is 4. The van der Waals surface area contributed by atoms with Gasteiger partial charge in [0.05, 0.1) is 0 Å². The Morgan fingerprint density at radius 3 is 2.44 bits per heavy atom. The lowest BCUT2D eigenvalue weighted by atomic mass is 9.94. The number of aryl methyl sites for hydroxylation is 1. The highest BCUT2D eigenvalue weighted by molar-refractivity contribution is 5.80. The minimum Gasteiger partial charge on any atom is -0.368 e. The van der Waals surface area contributed by atoms with Crippen molar-refractivity contribution in [1.29, 1.82) is 0 Å².